The molecule has 2 aromatic carbocycles. The number of carbonyl (C=O) groups excluding carboxylic acids is 1. The second kappa shape index (κ2) is 12.3. The highest BCUT2D eigenvalue weighted by atomic mass is 19.1. The lowest BCUT2D eigenvalue weighted by molar-refractivity contribution is 0.0556. The molecule has 6 heterocycles. The normalized spacial score (nSPS) is 25.1. The molecule has 3 N–H and O–H groups in total. The predicted molar refractivity (Wildman–Crippen MR) is 181 cm³/mol. The van der Waals surface area contributed by atoms with Crippen molar-refractivity contribution in [2.24, 2.45) is 0 Å². The standard InChI is InChI=1S/C36H42FN7O4/c1-3-21-6-4-7-22-14-26(45)15-27(29(21)22)31-30(37)32-28(16-39-31)33(43-17-23-8-9-24(18-43)40-23)42-34(41-32)48-20-36-11-5-13-44(36)25(10-12-36)19-47-35(46)38-2/h4,6-7,14-16,23-25,40,45H,3,5,8-13,17-20H2,1-2H3,(H,38,46)/t23?,24?,25-,36-/m1/s1. The molecule has 11 nitrogen and oxygen atoms in total. The number of rotatable bonds is 8. The average Bonchev–Trinajstić information content (AvgIpc) is 3.78. The minimum Gasteiger partial charge on any atom is -0.508 e. The van der Waals surface area contributed by atoms with Crippen LogP contribution in [0.3, 0.4) is 0 Å². The summed E-state index contributed by atoms with van der Waals surface area (Å²) in [6, 6.07) is 10.1. The van der Waals surface area contributed by atoms with Crippen molar-refractivity contribution in [1.82, 2.24) is 30.5 Å². The topological polar surface area (TPSA) is 125 Å². The van der Waals surface area contributed by atoms with Crippen molar-refractivity contribution in [2.75, 3.05) is 44.8 Å². The molecule has 2 bridgehead atoms. The number of benzene rings is 2. The minimum atomic E-state index is -0.565. The van der Waals surface area contributed by atoms with Gasteiger partial charge in [0, 0.05) is 50.0 Å². The van der Waals surface area contributed by atoms with Crippen LogP contribution < -0.4 is 20.3 Å². The van der Waals surface area contributed by atoms with E-state index in [4.69, 9.17) is 19.4 Å². The highest BCUT2D eigenvalue weighted by Crippen LogP contribution is 2.43. The first-order valence-corrected chi connectivity index (χ1v) is 17.2. The van der Waals surface area contributed by atoms with E-state index in [0.29, 0.717) is 42.1 Å². The van der Waals surface area contributed by atoms with Crippen LogP contribution in [0, 0.1) is 5.82 Å². The molecular weight excluding hydrogens is 613 g/mol. The number of pyridine rings is 1. The van der Waals surface area contributed by atoms with Crippen molar-refractivity contribution >= 4 is 33.6 Å². The van der Waals surface area contributed by atoms with Crippen molar-refractivity contribution in [3.8, 4) is 23.0 Å². The monoisotopic (exact) mass is 655 g/mol. The number of ether oxygens (including phenoxy) is 2. The number of hydrogen-bond donors (Lipinski definition) is 3. The molecule has 0 saturated carbocycles. The fourth-order valence-electron chi connectivity index (χ4n) is 8.69. The maximum absolute atomic E-state index is 17.0. The first-order valence-electron chi connectivity index (χ1n) is 17.2. The summed E-state index contributed by atoms with van der Waals surface area (Å²) in [5.41, 5.74) is 1.64. The van der Waals surface area contributed by atoms with E-state index in [1.165, 1.54) is 0 Å². The second-order valence-electron chi connectivity index (χ2n) is 13.8. The van der Waals surface area contributed by atoms with Gasteiger partial charge in [-0.2, -0.15) is 9.97 Å². The summed E-state index contributed by atoms with van der Waals surface area (Å²) in [7, 11) is 1.56. The predicted octanol–water partition coefficient (Wildman–Crippen LogP) is 4.92. The molecule has 1 amide bonds. The Balaban J connectivity index is 1.19. The lowest BCUT2D eigenvalue weighted by Crippen LogP contribution is -2.51. The van der Waals surface area contributed by atoms with Gasteiger partial charge in [0.1, 0.15) is 36.0 Å². The Morgan fingerprint density at radius 1 is 1.17 bits per heavy atom. The average molecular weight is 656 g/mol. The number of carbonyl (C=O) groups is 1. The fraction of sp³-hybridized carbons (Fsp3) is 0.500. The fourth-order valence-corrected chi connectivity index (χ4v) is 8.69. The van der Waals surface area contributed by atoms with Crippen LogP contribution in [-0.2, 0) is 11.2 Å². The van der Waals surface area contributed by atoms with Gasteiger partial charge in [-0.15, -0.1) is 0 Å². The molecular formula is C36H42FN7O4. The summed E-state index contributed by atoms with van der Waals surface area (Å²) < 4.78 is 28.8. The smallest absolute Gasteiger partial charge is 0.406 e. The van der Waals surface area contributed by atoms with E-state index in [1.807, 2.05) is 18.2 Å². The Hall–Kier alpha value is -4.29. The van der Waals surface area contributed by atoms with Crippen LogP contribution in [0.4, 0.5) is 15.0 Å². The molecule has 0 spiro atoms. The highest BCUT2D eigenvalue weighted by Gasteiger charge is 2.50. The third-order valence-electron chi connectivity index (χ3n) is 11.0. The summed E-state index contributed by atoms with van der Waals surface area (Å²) >= 11 is 0. The molecule has 12 heteroatoms. The molecule has 48 heavy (non-hydrogen) atoms. The van der Waals surface area contributed by atoms with Crippen LogP contribution in [0.25, 0.3) is 32.9 Å². The second-order valence-corrected chi connectivity index (χ2v) is 13.8. The van der Waals surface area contributed by atoms with Crippen LogP contribution in [0.1, 0.15) is 51.0 Å². The Morgan fingerprint density at radius 3 is 2.79 bits per heavy atom. The molecule has 4 atom stereocenters. The molecule has 0 radical (unpaired) electrons. The van der Waals surface area contributed by atoms with E-state index < -0.39 is 11.9 Å². The van der Waals surface area contributed by atoms with E-state index in [9.17, 15) is 9.90 Å². The lowest BCUT2D eigenvalue weighted by atomic mass is 9.95. The zero-order chi connectivity index (χ0) is 33.0. The summed E-state index contributed by atoms with van der Waals surface area (Å²) in [6.07, 6.45) is 7.96. The molecule has 4 aromatic rings. The third kappa shape index (κ3) is 5.35. The van der Waals surface area contributed by atoms with Gasteiger partial charge in [0.2, 0.25) is 0 Å². The first-order chi connectivity index (χ1) is 23.4. The molecule has 4 aliphatic heterocycles. The van der Waals surface area contributed by atoms with Gasteiger partial charge in [-0.05, 0) is 80.0 Å². The van der Waals surface area contributed by atoms with E-state index in [1.54, 1.807) is 25.4 Å². The molecule has 252 valence electrons. The van der Waals surface area contributed by atoms with Gasteiger partial charge in [0.15, 0.2) is 5.82 Å². The third-order valence-corrected chi connectivity index (χ3v) is 11.0. The number of halogens is 1. The van der Waals surface area contributed by atoms with Crippen molar-refractivity contribution in [3.63, 3.8) is 0 Å². The number of phenolic OH excluding ortho intramolecular Hbond substituents is 1. The quantitative estimate of drug-likeness (QED) is 0.241. The van der Waals surface area contributed by atoms with Gasteiger partial charge in [-0.25, -0.2) is 9.18 Å². The summed E-state index contributed by atoms with van der Waals surface area (Å²) in [6.45, 7) is 5.16. The molecule has 2 unspecified atom stereocenters. The van der Waals surface area contributed by atoms with Crippen molar-refractivity contribution < 1.29 is 23.8 Å². The van der Waals surface area contributed by atoms with Gasteiger partial charge in [0.25, 0.3) is 0 Å². The van der Waals surface area contributed by atoms with E-state index in [2.05, 4.69) is 32.3 Å². The van der Waals surface area contributed by atoms with Crippen molar-refractivity contribution in [2.45, 2.75) is 75.5 Å². The molecule has 2 aromatic heterocycles. The molecule has 4 saturated heterocycles. The number of fused-ring (bicyclic) bond motifs is 5. The number of aryl methyl sites for hydroxylation is 1. The number of aromatic hydroxyl groups is 1. The van der Waals surface area contributed by atoms with Gasteiger partial charge < -0.3 is 30.1 Å². The number of hydrogen-bond acceptors (Lipinski definition) is 10. The number of phenols is 1. The zero-order valence-corrected chi connectivity index (χ0v) is 27.5. The Bertz CT molecular complexity index is 1880. The number of piperazine rings is 1. The van der Waals surface area contributed by atoms with Gasteiger partial charge in [-0.3, -0.25) is 9.88 Å². The van der Waals surface area contributed by atoms with E-state index >= 15 is 4.39 Å². The maximum atomic E-state index is 17.0. The molecule has 0 aliphatic carbocycles. The number of nitrogens with zero attached hydrogens (tertiary/aromatic N) is 5. The molecule has 4 aliphatic rings. The van der Waals surface area contributed by atoms with Crippen LogP contribution in [0.2, 0.25) is 0 Å². The Kier molecular flexibility index (Phi) is 7.95. The van der Waals surface area contributed by atoms with Crippen molar-refractivity contribution in [3.05, 3.63) is 47.9 Å². The SMILES string of the molecule is CCc1cccc2cc(O)cc(-c3ncc4c(N5CC6CCC(C5)N6)nc(OC[C@]56CCCN5[C@@H](COC(=O)NC)CC6)nc4c3F)c12. The number of amides is 1. The number of aromatic nitrogens is 3. The first kappa shape index (κ1) is 31.0. The Labute approximate surface area is 278 Å². The van der Waals surface area contributed by atoms with E-state index in [0.717, 1.165) is 80.9 Å². The highest BCUT2D eigenvalue weighted by molar-refractivity contribution is 6.01. The largest absolute Gasteiger partial charge is 0.508 e. The van der Waals surface area contributed by atoms with Gasteiger partial charge >= 0.3 is 12.1 Å². The number of nitrogens with one attached hydrogen (secondary N) is 2. The van der Waals surface area contributed by atoms with Crippen LogP contribution in [-0.4, -0.2) is 94.6 Å². The minimum absolute atomic E-state index is 0.0479. The van der Waals surface area contributed by atoms with Crippen LogP contribution in [0.5, 0.6) is 11.8 Å². The summed E-state index contributed by atoms with van der Waals surface area (Å²) in [5.74, 6) is 0.113. The molecule has 8 rings (SSSR count). The van der Waals surface area contributed by atoms with Crippen LogP contribution >= 0.6 is 0 Å². The zero-order valence-electron chi connectivity index (χ0n) is 27.5. The lowest BCUT2D eigenvalue weighted by Gasteiger charge is -2.35. The van der Waals surface area contributed by atoms with E-state index in [-0.39, 0.29) is 34.6 Å². The van der Waals surface area contributed by atoms with Gasteiger partial charge in [-0.1, -0.05) is 25.1 Å². The number of alkyl carbamates (subject to hydrolysis) is 1. The maximum Gasteiger partial charge on any atom is 0.406 e. The number of anilines is 1. The van der Waals surface area contributed by atoms with Crippen molar-refractivity contribution in [1.29, 1.82) is 0 Å². The Morgan fingerprint density at radius 2 is 2.00 bits per heavy atom. The van der Waals surface area contributed by atoms with Gasteiger partial charge in [0.05, 0.1) is 10.9 Å². The van der Waals surface area contributed by atoms with Crippen LogP contribution in [0.15, 0.2) is 36.5 Å². The summed E-state index contributed by atoms with van der Waals surface area (Å²) in [5, 5.41) is 19.1. The summed E-state index contributed by atoms with van der Waals surface area (Å²) in [4.78, 5) is 30.7. The molecule has 4 fully saturated rings.